The van der Waals surface area contributed by atoms with Gasteiger partial charge in [0.05, 0.1) is 26.3 Å². The molecule has 0 radical (unpaired) electrons. The highest BCUT2D eigenvalue weighted by molar-refractivity contribution is 6.53. The standard InChI is InChI=1S/C23H11Cl4NO/c24-19-15(23(29)22(27)21(26)20(19)25)10-28-16-9-7-13-5-4-11-2-1-3-12-6-8-14(16)18(13)17(11)12/h1-10,29H. The molecule has 5 rings (SSSR count). The lowest BCUT2D eigenvalue weighted by Crippen LogP contribution is -1.89. The summed E-state index contributed by atoms with van der Waals surface area (Å²) in [5.41, 5.74) is 0.963. The maximum atomic E-state index is 10.3. The zero-order valence-electron chi connectivity index (χ0n) is 14.7. The van der Waals surface area contributed by atoms with Gasteiger partial charge in [0.15, 0.2) is 0 Å². The van der Waals surface area contributed by atoms with Gasteiger partial charge >= 0.3 is 0 Å². The predicted octanol–water partition coefficient (Wildman–Crippen LogP) is 8.65. The second-order valence-corrected chi connectivity index (χ2v) is 8.23. The number of aromatic hydroxyl groups is 1. The zero-order chi connectivity index (χ0) is 20.3. The van der Waals surface area contributed by atoms with Crippen molar-refractivity contribution in [1.29, 1.82) is 0 Å². The molecule has 0 heterocycles. The van der Waals surface area contributed by atoms with Crippen LogP contribution in [0.1, 0.15) is 5.56 Å². The molecule has 0 aliphatic heterocycles. The van der Waals surface area contributed by atoms with Gasteiger partial charge < -0.3 is 5.11 Å². The molecule has 1 N–H and O–H groups in total. The highest BCUT2D eigenvalue weighted by Gasteiger charge is 2.19. The average molecular weight is 459 g/mol. The summed E-state index contributed by atoms with van der Waals surface area (Å²) in [5.74, 6) is -0.257. The van der Waals surface area contributed by atoms with Crippen LogP contribution in [0.2, 0.25) is 20.1 Å². The summed E-state index contributed by atoms with van der Waals surface area (Å²) in [7, 11) is 0. The molecule has 0 atom stereocenters. The quantitative estimate of drug-likeness (QED) is 0.122. The maximum absolute atomic E-state index is 10.3. The molecule has 0 spiro atoms. The van der Waals surface area contributed by atoms with E-state index in [-0.39, 0.29) is 31.4 Å². The number of benzene rings is 5. The van der Waals surface area contributed by atoms with Gasteiger partial charge in [0.25, 0.3) is 0 Å². The monoisotopic (exact) mass is 457 g/mol. The number of nitrogens with zero attached hydrogens (tertiary/aromatic N) is 1. The minimum Gasteiger partial charge on any atom is -0.506 e. The van der Waals surface area contributed by atoms with E-state index in [1.54, 1.807) is 0 Å². The lowest BCUT2D eigenvalue weighted by molar-refractivity contribution is 0.475. The highest BCUT2D eigenvalue weighted by atomic mass is 35.5. The Morgan fingerprint density at radius 3 is 1.97 bits per heavy atom. The van der Waals surface area contributed by atoms with Crippen molar-refractivity contribution in [1.82, 2.24) is 0 Å². The molecule has 29 heavy (non-hydrogen) atoms. The molecule has 0 fully saturated rings. The Labute approximate surface area is 186 Å². The van der Waals surface area contributed by atoms with Crippen LogP contribution in [0.25, 0.3) is 32.3 Å². The fourth-order valence-corrected chi connectivity index (χ4v) is 4.63. The summed E-state index contributed by atoms with van der Waals surface area (Å²) in [6.45, 7) is 0. The van der Waals surface area contributed by atoms with Crippen LogP contribution in [0.15, 0.2) is 59.6 Å². The molecule has 2 nitrogen and oxygen atoms in total. The molecule has 5 aromatic carbocycles. The van der Waals surface area contributed by atoms with Crippen LogP contribution in [0, 0.1) is 0 Å². The molecule has 0 bridgehead atoms. The number of hydrogen-bond donors (Lipinski definition) is 1. The Balaban J connectivity index is 1.75. The van der Waals surface area contributed by atoms with E-state index >= 15 is 0 Å². The molecule has 0 aromatic heterocycles. The van der Waals surface area contributed by atoms with E-state index in [1.807, 2.05) is 12.1 Å². The van der Waals surface area contributed by atoms with Gasteiger partial charge in [-0.1, -0.05) is 94.9 Å². The van der Waals surface area contributed by atoms with Crippen LogP contribution in [-0.2, 0) is 0 Å². The molecule has 0 amide bonds. The molecular weight excluding hydrogens is 448 g/mol. The number of hydrogen-bond acceptors (Lipinski definition) is 2. The fraction of sp³-hybridized carbons (Fsp3) is 0. The maximum Gasteiger partial charge on any atom is 0.146 e. The Hall–Kier alpha value is -2.23. The second kappa shape index (κ2) is 6.93. The first-order chi connectivity index (χ1) is 14.0. The summed E-state index contributed by atoms with van der Waals surface area (Å²) >= 11 is 24.4. The van der Waals surface area contributed by atoms with E-state index in [1.165, 1.54) is 22.4 Å². The number of rotatable bonds is 2. The van der Waals surface area contributed by atoms with Crippen molar-refractivity contribution in [3.05, 3.63) is 80.3 Å². The molecule has 0 unspecified atom stereocenters. The molecule has 5 aromatic rings. The number of aliphatic imine (C=N–C) groups is 1. The lowest BCUT2D eigenvalue weighted by Gasteiger charge is -2.12. The Morgan fingerprint density at radius 1 is 0.655 bits per heavy atom. The third kappa shape index (κ3) is 2.83. The van der Waals surface area contributed by atoms with E-state index in [0.29, 0.717) is 0 Å². The summed E-state index contributed by atoms with van der Waals surface area (Å²) in [5, 5.41) is 17.3. The molecule has 0 aliphatic carbocycles. The van der Waals surface area contributed by atoms with Gasteiger partial charge in [0.1, 0.15) is 10.8 Å². The SMILES string of the molecule is Oc1c(Cl)c(Cl)c(Cl)c(Cl)c1C=Nc1ccc2ccc3cccc4ccc1c2c34. The van der Waals surface area contributed by atoms with E-state index in [4.69, 9.17) is 46.4 Å². The molecule has 0 saturated heterocycles. The van der Waals surface area contributed by atoms with Crippen molar-refractivity contribution in [3.63, 3.8) is 0 Å². The van der Waals surface area contributed by atoms with E-state index in [9.17, 15) is 5.11 Å². The second-order valence-electron chi connectivity index (χ2n) is 6.72. The Morgan fingerprint density at radius 2 is 1.24 bits per heavy atom. The van der Waals surface area contributed by atoms with Crippen molar-refractivity contribution in [2.75, 3.05) is 0 Å². The van der Waals surface area contributed by atoms with Gasteiger partial charge in [-0.15, -0.1) is 0 Å². The Kier molecular flexibility index (Phi) is 4.49. The van der Waals surface area contributed by atoms with Crippen molar-refractivity contribution < 1.29 is 5.11 Å². The minimum absolute atomic E-state index is 0.00992. The normalized spacial score (nSPS) is 12.1. The smallest absolute Gasteiger partial charge is 0.146 e. The number of phenolic OH excluding ortho intramolecular Hbond substituents is 1. The van der Waals surface area contributed by atoms with Gasteiger partial charge in [0, 0.05) is 11.6 Å². The van der Waals surface area contributed by atoms with Gasteiger partial charge in [0.2, 0.25) is 0 Å². The van der Waals surface area contributed by atoms with Crippen molar-refractivity contribution >= 4 is 90.6 Å². The molecule has 6 heteroatoms. The van der Waals surface area contributed by atoms with Gasteiger partial charge in [-0.2, -0.15) is 0 Å². The van der Waals surface area contributed by atoms with E-state index in [2.05, 4.69) is 47.5 Å². The largest absolute Gasteiger partial charge is 0.506 e. The Bertz CT molecular complexity index is 1410. The van der Waals surface area contributed by atoms with Gasteiger partial charge in [-0.05, 0) is 33.0 Å². The number of halogens is 4. The zero-order valence-corrected chi connectivity index (χ0v) is 17.7. The summed E-state index contributed by atoms with van der Waals surface area (Å²) in [4.78, 5) is 4.59. The first-order valence-electron chi connectivity index (χ1n) is 8.73. The third-order valence-corrected chi connectivity index (χ3v) is 6.92. The van der Waals surface area contributed by atoms with Crippen molar-refractivity contribution in [2.45, 2.75) is 0 Å². The van der Waals surface area contributed by atoms with Crippen LogP contribution in [0.5, 0.6) is 5.75 Å². The summed E-state index contributed by atoms with van der Waals surface area (Å²) in [6, 6.07) is 18.6. The average Bonchev–Trinajstić information content (AvgIpc) is 2.75. The molecule has 142 valence electrons. The van der Waals surface area contributed by atoms with Crippen LogP contribution in [0.3, 0.4) is 0 Å². The van der Waals surface area contributed by atoms with Crippen molar-refractivity contribution in [2.24, 2.45) is 4.99 Å². The van der Waals surface area contributed by atoms with E-state index in [0.717, 1.165) is 21.8 Å². The minimum atomic E-state index is -0.257. The molecular formula is C23H11Cl4NO. The van der Waals surface area contributed by atoms with Crippen LogP contribution in [0.4, 0.5) is 5.69 Å². The first kappa shape index (κ1) is 18.8. The molecule has 0 aliphatic rings. The summed E-state index contributed by atoms with van der Waals surface area (Å²) in [6.07, 6.45) is 1.46. The van der Waals surface area contributed by atoms with Crippen LogP contribution >= 0.6 is 46.4 Å². The molecule has 0 saturated carbocycles. The number of phenols is 1. The lowest BCUT2D eigenvalue weighted by atomic mass is 9.93. The first-order valence-corrected chi connectivity index (χ1v) is 10.2. The fourth-order valence-electron chi connectivity index (χ4n) is 3.72. The van der Waals surface area contributed by atoms with Gasteiger partial charge in [-0.25, -0.2) is 0 Å². The highest BCUT2D eigenvalue weighted by Crippen LogP contribution is 2.45. The van der Waals surface area contributed by atoms with Gasteiger partial charge in [-0.3, -0.25) is 4.99 Å². The predicted molar refractivity (Wildman–Crippen MR) is 126 cm³/mol. The third-order valence-electron chi connectivity index (χ3n) is 5.12. The topological polar surface area (TPSA) is 32.6 Å². The van der Waals surface area contributed by atoms with Crippen molar-refractivity contribution in [3.8, 4) is 5.75 Å². The van der Waals surface area contributed by atoms with E-state index < -0.39 is 0 Å². The summed E-state index contributed by atoms with van der Waals surface area (Å²) < 4.78 is 0. The van der Waals surface area contributed by atoms with Crippen LogP contribution in [-0.4, -0.2) is 11.3 Å². The van der Waals surface area contributed by atoms with Crippen LogP contribution < -0.4 is 0 Å².